The number of nitro groups is 1. The molecule has 0 amide bonds. The summed E-state index contributed by atoms with van der Waals surface area (Å²) in [5.41, 5.74) is 1.10. The molecule has 2 atom stereocenters. The lowest BCUT2D eigenvalue weighted by molar-refractivity contribution is -0.527. The number of rotatable bonds is 11. The van der Waals surface area contributed by atoms with Crippen molar-refractivity contribution in [2.24, 2.45) is 5.73 Å². The van der Waals surface area contributed by atoms with Gasteiger partial charge in [-0.3, -0.25) is 10.1 Å². The van der Waals surface area contributed by atoms with Gasteiger partial charge in [-0.2, -0.15) is 52.7 Å². The molecule has 2 aliphatic carbocycles. The Labute approximate surface area is 380 Å². The minimum Gasteiger partial charge on any atom is -0.397 e. The van der Waals surface area contributed by atoms with E-state index < -0.39 is 70.6 Å². The van der Waals surface area contributed by atoms with Crippen molar-refractivity contribution in [3.63, 3.8) is 0 Å². The van der Waals surface area contributed by atoms with E-state index in [9.17, 15) is 62.8 Å². The van der Waals surface area contributed by atoms with Crippen molar-refractivity contribution in [2.45, 2.75) is 132 Å². The van der Waals surface area contributed by atoms with Gasteiger partial charge in [0, 0.05) is 41.2 Å². The molecule has 0 aromatic heterocycles. The molecule has 0 heterocycles. The van der Waals surface area contributed by atoms with Crippen molar-refractivity contribution in [1.29, 1.82) is 0 Å². The minimum absolute atomic E-state index is 0.0141. The number of ether oxygens (including phenoxy) is 2. The highest BCUT2D eigenvalue weighted by molar-refractivity contribution is 5.36. The zero-order valence-corrected chi connectivity index (χ0v) is 37.0. The molecule has 2 aliphatic rings. The third-order valence-electron chi connectivity index (χ3n) is 12.3. The third-order valence-corrected chi connectivity index (χ3v) is 12.3. The molecule has 0 spiro atoms. The summed E-state index contributed by atoms with van der Waals surface area (Å²) in [5.74, 6) is 0. The molecule has 0 unspecified atom stereocenters. The maximum absolute atomic E-state index is 13.2. The lowest BCUT2D eigenvalue weighted by Crippen LogP contribution is -2.40. The fourth-order valence-corrected chi connectivity index (χ4v) is 8.36. The molecule has 370 valence electrons. The highest BCUT2D eigenvalue weighted by Crippen LogP contribution is 2.44. The summed E-state index contributed by atoms with van der Waals surface area (Å²) in [7, 11) is 0. The number of hydrogen-bond donors (Lipinski definition) is 2. The van der Waals surface area contributed by atoms with Crippen LogP contribution in [0.1, 0.15) is 129 Å². The number of hydrogen-bond acceptors (Lipinski definition) is 6. The fourth-order valence-electron chi connectivity index (χ4n) is 8.36. The first-order valence-corrected chi connectivity index (χ1v) is 21.6. The predicted octanol–water partition coefficient (Wildman–Crippen LogP) is 13.6. The standard InChI is InChI=1S/C23H23F6NO3.C23H25F6NO.C2H6O/c1-15(16-11-18(22(24,25)26)13-19(12-16)23(27,28)29)33-14-21(17-5-3-2-4-6-17)9-7-20(8-10-21)30(31)32;1-15(16-11-18(22(24,25)26)13-19(12-16)23(27,28)29)31-14-21(9-7-20(30)8-10-21)17-5-3-2-4-6-17;1-2-3/h2-6,11-13,15,20H,7-10,14H2,1H3;2-6,11-13,15,20H,7-10,14,30H2,1H3;3H,2H2,1H3/t2*15-,20?,21?;/m11./s1. The van der Waals surface area contributed by atoms with Gasteiger partial charge >= 0.3 is 24.7 Å². The SMILES string of the molecule is CCO.C[C@@H](OCC1(c2ccccc2)CCC(N)CC1)c1cc(C(F)(F)F)cc(C(F)(F)F)c1.C[C@@H](OCC1(c2ccccc2)CCC([N+](=O)[O-])CC1)c1cc(C(F)(F)F)cc(C(F)(F)F)c1. The number of nitrogens with zero attached hydrogens (tertiary/aromatic N) is 1. The van der Waals surface area contributed by atoms with Crippen LogP contribution >= 0.6 is 0 Å². The van der Waals surface area contributed by atoms with E-state index in [4.69, 9.17) is 20.3 Å². The first-order valence-electron chi connectivity index (χ1n) is 21.6. The minimum atomic E-state index is -4.94. The van der Waals surface area contributed by atoms with E-state index in [1.807, 2.05) is 60.7 Å². The molecular weight excluding hydrogens is 913 g/mol. The van der Waals surface area contributed by atoms with Gasteiger partial charge in [0.15, 0.2) is 0 Å². The lowest BCUT2D eigenvalue weighted by Gasteiger charge is -2.40. The molecule has 0 bridgehead atoms. The Morgan fingerprint density at radius 3 is 1.15 bits per heavy atom. The van der Waals surface area contributed by atoms with Crippen molar-refractivity contribution in [2.75, 3.05) is 19.8 Å². The maximum Gasteiger partial charge on any atom is 0.416 e. The number of halogens is 12. The number of benzene rings is 4. The average molecular weight is 967 g/mol. The molecule has 6 rings (SSSR count). The number of aliphatic hydroxyl groups excluding tert-OH is 1. The molecule has 0 saturated heterocycles. The Bertz CT molecular complexity index is 2100. The zero-order chi connectivity index (χ0) is 50.0. The Kier molecular flexibility index (Phi) is 18.5. The van der Waals surface area contributed by atoms with E-state index in [1.54, 1.807) is 6.92 Å². The van der Waals surface area contributed by atoms with Gasteiger partial charge in [-0.15, -0.1) is 0 Å². The van der Waals surface area contributed by atoms with Gasteiger partial charge in [-0.05, 0) is 118 Å². The number of nitrogens with two attached hydrogens (primary N) is 1. The summed E-state index contributed by atoms with van der Waals surface area (Å²) in [6.45, 7) is 5.00. The van der Waals surface area contributed by atoms with E-state index in [1.165, 1.54) is 13.8 Å². The summed E-state index contributed by atoms with van der Waals surface area (Å²) >= 11 is 0. The zero-order valence-electron chi connectivity index (χ0n) is 37.0. The topological polar surface area (TPSA) is 108 Å². The molecule has 7 nitrogen and oxygen atoms in total. The van der Waals surface area contributed by atoms with E-state index in [-0.39, 0.29) is 59.5 Å². The molecule has 2 fully saturated rings. The van der Waals surface area contributed by atoms with Crippen LogP contribution in [-0.4, -0.2) is 41.9 Å². The quantitative estimate of drug-likeness (QED) is 0.0881. The van der Waals surface area contributed by atoms with Crippen molar-refractivity contribution >= 4 is 0 Å². The number of aliphatic hydroxyl groups is 1. The van der Waals surface area contributed by atoms with Crippen LogP contribution in [0.5, 0.6) is 0 Å². The molecule has 19 heteroatoms. The van der Waals surface area contributed by atoms with E-state index in [0.717, 1.165) is 48.9 Å². The van der Waals surface area contributed by atoms with Gasteiger partial charge in [0.05, 0.1) is 47.7 Å². The molecule has 2 saturated carbocycles. The van der Waals surface area contributed by atoms with Crippen molar-refractivity contribution < 1.29 is 72.2 Å². The summed E-state index contributed by atoms with van der Waals surface area (Å²) in [5, 5.41) is 18.7. The van der Waals surface area contributed by atoms with Crippen molar-refractivity contribution in [1.82, 2.24) is 0 Å². The summed E-state index contributed by atoms with van der Waals surface area (Å²) < 4.78 is 170. The Morgan fingerprint density at radius 2 is 0.881 bits per heavy atom. The normalized spacial score (nSPS) is 22.3. The van der Waals surface area contributed by atoms with Crippen LogP contribution < -0.4 is 5.73 Å². The van der Waals surface area contributed by atoms with Crippen molar-refractivity contribution in [3.8, 4) is 0 Å². The Balaban J connectivity index is 0.000000277. The van der Waals surface area contributed by atoms with Crippen LogP contribution in [-0.2, 0) is 45.0 Å². The molecule has 4 aromatic rings. The van der Waals surface area contributed by atoms with Gasteiger partial charge in [0.2, 0.25) is 6.04 Å². The first kappa shape index (κ1) is 54.9. The van der Waals surface area contributed by atoms with E-state index >= 15 is 0 Å². The van der Waals surface area contributed by atoms with Crippen LogP contribution in [0.2, 0.25) is 0 Å². The molecular formula is C48H54F12N2O5. The second-order valence-electron chi connectivity index (χ2n) is 17.0. The summed E-state index contributed by atoms with van der Waals surface area (Å²) in [6.07, 6.45) is -17.2. The average Bonchev–Trinajstić information content (AvgIpc) is 3.27. The second kappa shape index (κ2) is 22.6. The summed E-state index contributed by atoms with van der Waals surface area (Å²) in [4.78, 5) is 10.8. The van der Waals surface area contributed by atoms with Gasteiger partial charge in [0.25, 0.3) is 0 Å². The second-order valence-corrected chi connectivity index (χ2v) is 17.0. The van der Waals surface area contributed by atoms with Gasteiger partial charge < -0.3 is 20.3 Å². The monoisotopic (exact) mass is 966 g/mol. The molecule has 0 radical (unpaired) electrons. The smallest absolute Gasteiger partial charge is 0.397 e. The molecule has 4 aromatic carbocycles. The van der Waals surface area contributed by atoms with Crippen LogP contribution in [0.4, 0.5) is 52.7 Å². The van der Waals surface area contributed by atoms with Crippen LogP contribution in [0.3, 0.4) is 0 Å². The Hall–Kier alpha value is -4.72. The van der Waals surface area contributed by atoms with E-state index in [2.05, 4.69) is 0 Å². The number of alkyl halides is 12. The summed E-state index contributed by atoms with van der Waals surface area (Å²) in [6, 6.07) is 21.2. The molecule has 0 aliphatic heterocycles. The highest BCUT2D eigenvalue weighted by atomic mass is 19.4. The predicted molar refractivity (Wildman–Crippen MR) is 226 cm³/mol. The van der Waals surface area contributed by atoms with E-state index in [0.29, 0.717) is 37.8 Å². The maximum atomic E-state index is 13.2. The van der Waals surface area contributed by atoms with Crippen LogP contribution in [0.25, 0.3) is 0 Å². The van der Waals surface area contributed by atoms with Crippen molar-refractivity contribution in [3.05, 3.63) is 152 Å². The lowest BCUT2D eigenvalue weighted by atomic mass is 9.68. The Morgan fingerprint density at radius 1 is 0.597 bits per heavy atom. The fraction of sp³-hybridized carbons (Fsp3) is 0.500. The van der Waals surface area contributed by atoms with Gasteiger partial charge in [-0.1, -0.05) is 60.7 Å². The van der Waals surface area contributed by atoms with Crippen LogP contribution in [0, 0.1) is 10.1 Å². The first-order chi connectivity index (χ1) is 31.1. The largest absolute Gasteiger partial charge is 0.416 e. The molecule has 67 heavy (non-hydrogen) atoms. The highest BCUT2D eigenvalue weighted by Gasteiger charge is 2.43. The van der Waals surface area contributed by atoms with Gasteiger partial charge in [0.1, 0.15) is 0 Å². The van der Waals surface area contributed by atoms with Crippen LogP contribution in [0.15, 0.2) is 97.1 Å². The third kappa shape index (κ3) is 15.1. The van der Waals surface area contributed by atoms with Gasteiger partial charge in [-0.25, -0.2) is 0 Å². The molecule has 3 N–H and O–H groups in total.